The number of Topliss-reactive ketones (excluding diaryl/α,β-unsaturated/α-hetero) is 1. The quantitative estimate of drug-likeness (QED) is 0.682. The fourth-order valence-corrected chi connectivity index (χ4v) is 3.70. The molecule has 0 fully saturated rings. The van der Waals surface area contributed by atoms with Gasteiger partial charge in [0.2, 0.25) is 0 Å². The first-order valence-electron chi connectivity index (χ1n) is 5.09. The molecule has 0 spiro atoms. The molecule has 0 bridgehead atoms. The Hall–Kier alpha value is -0.0100. The van der Waals surface area contributed by atoms with Gasteiger partial charge in [0.1, 0.15) is 0 Å². The van der Waals surface area contributed by atoms with Crippen molar-refractivity contribution in [3.8, 4) is 0 Å². The van der Waals surface area contributed by atoms with Crippen LogP contribution in [0, 0.1) is 0 Å². The summed E-state index contributed by atoms with van der Waals surface area (Å²) in [6.07, 6.45) is -0.332. The van der Waals surface area contributed by atoms with Crippen LogP contribution in [0.1, 0.15) is 34.5 Å². The third-order valence-electron chi connectivity index (χ3n) is 1.93. The van der Waals surface area contributed by atoms with Crippen LogP contribution >= 0.6 is 54.5 Å². The molecule has 2 aromatic rings. The molecule has 1 atom stereocenters. The van der Waals surface area contributed by atoms with Crippen LogP contribution in [0.5, 0.6) is 0 Å². The van der Waals surface area contributed by atoms with Crippen molar-refractivity contribution in [2.24, 2.45) is 0 Å². The second kappa shape index (κ2) is 7.55. The van der Waals surface area contributed by atoms with Crippen LogP contribution < -0.4 is 0 Å². The minimum absolute atomic E-state index is 0.130. The lowest BCUT2D eigenvalue weighted by Gasteiger charge is -1.95. The van der Waals surface area contributed by atoms with Crippen LogP contribution in [-0.2, 0) is 0 Å². The SMILES string of the molecule is CC(=O)c1ccc(Br)s1.CC(O)c1ccc(Br)s1. The summed E-state index contributed by atoms with van der Waals surface area (Å²) < 4.78 is 2.08. The highest BCUT2D eigenvalue weighted by molar-refractivity contribution is 9.11. The Balaban J connectivity index is 0.000000180. The number of carbonyl (C=O) groups is 1. The summed E-state index contributed by atoms with van der Waals surface area (Å²) in [5.74, 6) is 0.130. The molecule has 0 radical (unpaired) electrons. The van der Waals surface area contributed by atoms with Crippen LogP contribution in [0.15, 0.2) is 31.8 Å². The molecule has 0 aliphatic carbocycles. The van der Waals surface area contributed by atoms with E-state index in [4.69, 9.17) is 5.11 Å². The predicted octanol–water partition coefficient (Wildman–Crippen LogP) is 5.28. The summed E-state index contributed by atoms with van der Waals surface area (Å²) in [7, 11) is 0. The first kappa shape index (κ1) is 16.0. The highest BCUT2D eigenvalue weighted by atomic mass is 79.9. The maximum atomic E-state index is 10.6. The molecule has 2 heterocycles. The van der Waals surface area contributed by atoms with E-state index in [1.54, 1.807) is 25.2 Å². The van der Waals surface area contributed by atoms with Gasteiger partial charge in [-0.25, -0.2) is 0 Å². The standard InChI is InChI=1S/C6H7BrOS.C6H5BrOS/c2*1-4(8)5-2-3-6(7)9-5/h2-4,8H,1H3;2-3H,1H3. The van der Waals surface area contributed by atoms with Gasteiger partial charge in [0, 0.05) is 4.88 Å². The topological polar surface area (TPSA) is 37.3 Å². The van der Waals surface area contributed by atoms with Crippen LogP contribution in [-0.4, -0.2) is 10.9 Å². The lowest BCUT2D eigenvalue weighted by Crippen LogP contribution is -1.83. The molecule has 1 N–H and O–H groups in total. The Bertz CT molecular complexity index is 518. The molecular weight excluding hydrogens is 400 g/mol. The highest BCUT2D eigenvalue weighted by Gasteiger charge is 2.02. The van der Waals surface area contributed by atoms with E-state index in [1.807, 2.05) is 24.3 Å². The molecule has 6 heteroatoms. The number of aliphatic hydroxyl groups is 1. The molecule has 0 aliphatic rings. The number of carbonyl (C=O) groups excluding carboxylic acids is 1. The van der Waals surface area contributed by atoms with Crippen molar-refractivity contribution in [1.82, 2.24) is 0 Å². The zero-order valence-corrected chi connectivity index (χ0v) is 14.6. The van der Waals surface area contributed by atoms with E-state index in [0.717, 1.165) is 17.3 Å². The molecule has 0 aliphatic heterocycles. The lowest BCUT2D eigenvalue weighted by molar-refractivity contribution is 0.102. The van der Waals surface area contributed by atoms with Gasteiger partial charge < -0.3 is 5.11 Å². The zero-order valence-electron chi connectivity index (χ0n) is 9.81. The number of hydrogen-bond acceptors (Lipinski definition) is 4. The Morgan fingerprint density at radius 3 is 1.94 bits per heavy atom. The molecule has 0 amide bonds. The third-order valence-corrected chi connectivity index (χ3v) is 5.44. The van der Waals surface area contributed by atoms with Gasteiger partial charge in [-0.1, -0.05) is 0 Å². The smallest absolute Gasteiger partial charge is 0.169 e. The number of thiophene rings is 2. The fourth-order valence-electron chi connectivity index (χ4n) is 1.06. The Morgan fingerprint density at radius 2 is 1.72 bits per heavy atom. The van der Waals surface area contributed by atoms with Crippen LogP contribution in [0.3, 0.4) is 0 Å². The number of ketones is 1. The first-order chi connectivity index (χ1) is 8.40. The van der Waals surface area contributed by atoms with E-state index in [9.17, 15) is 4.79 Å². The van der Waals surface area contributed by atoms with Crippen molar-refractivity contribution < 1.29 is 9.90 Å². The van der Waals surface area contributed by atoms with Gasteiger partial charge in [0.25, 0.3) is 0 Å². The van der Waals surface area contributed by atoms with E-state index in [0.29, 0.717) is 0 Å². The fraction of sp³-hybridized carbons (Fsp3) is 0.250. The number of aliphatic hydroxyl groups excluding tert-OH is 1. The van der Waals surface area contributed by atoms with E-state index < -0.39 is 0 Å². The molecule has 0 aromatic carbocycles. The third kappa shape index (κ3) is 5.32. The molecule has 0 saturated carbocycles. The summed E-state index contributed by atoms with van der Waals surface area (Å²) in [5.41, 5.74) is 0. The summed E-state index contributed by atoms with van der Waals surface area (Å²) in [4.78, 5) is 12.5. The molecular formula is C12H12Br2O2S2. The molecule has 18 heavy (non-hydrogen) atoms. The van der Waals surface area contributed by atoms with Gasteiger partial charge in [-0.2, -0.15) is 0 Å². The lowest BCUT2D eigenvalue weighted by atomic mass is 10.3. The van der Waals surface area contributed by atoms with Gasteiger partial charge >= 0.3 is 0 Å². The van der Waals surface area contributed by atoms with Crippen molar-refractivity contribution in [3.63, 3.8) is 0 Å². The van der Waals surface area contributed by atoms with E-state index in [1.165, 1.54) is 11.3 Å². The first-order valence-corrected chi connectivity index (χ1v) is 8.31. The number of rotatable bonds is 2. The molecule has 2 rings (SSSR count). The largest absolute Gasteiger partial charge is 0.388 e. The average molecular weight is 412 g/mol. The number of hydrogen-bond donors (Lipinski definition) is 1. The maximum Gasteiger partial charge on any atom is 0.169 e. The monoisotopic (exact) mass is 410 g/mol. The van der Waals surface area contributed by atoms with Crippen molar-refractivity contribution >= 4 is 60.3 Å². The zero-order chi connectivity index (χ0) is 13.7. The van der Waals surface area contributed by atoms with Crippen molar-refractivity contribution in [1.29, 1.82) is 0 Å². The normalized spacial score (nSPS) is 11.6. The predicted molar refractivity (Wildman–Crippen MR) is 84.7 cm³/mol. The van der Waals surface area contributed by atoms with Crippen LogP contribution in [0.4, 0.5) is 0 Å². The van der Waals surface area contributed by atoms with Crippen molar-refractivity contribution in [3.05, 3.63) is 41.6 Å². The van der Waals surface area contributed by atoms with Gasteiger partial charge in [0.05, 0.1) is 18.6 Å². The van der Waals surface area contributed by atoms with Crippen LogP contribution in [0.25, 0.3) is 0 Å². The minimum atomic E-state index is -0.332. The van der Waals surface area contributed by atoms with E-state index in [2.05, 4.69) is 31.9 Å². The average Bonchev–Trinajstić information content (AvgIpc) is 2.88. The van der Waals surface area contributed by atoms with Crippen molar-refractivity contribution in [2.75, 3.05) is 0 Å². The van der Waals surface area contributed by atoms with Crippen molar-refractivity contribution in [2.45, 2.75) is 20.0 Å². The van der Waals surface area contributed by atoms with Gasteiger partial charge in [0.15, 0.2) is 5.78 Å². The molecule has 0 saturated heterocycles. The van der Waals surface area contributed by atoms with E-state index in [-0.39, 0.29) is 11.9 Å². The second-order valence-corrected chi connectivity index (χ2v) is 8.44. The maximum absolute atomic E-state index is 10.6. The number of halogens is 2. The summed E-state index contributed by atoms with van der Waals surface area (Å²) in [5, 5.41) is 9.03. The van der Waals surface area contributed by atoms with Gasteiger partial charge in [-0.15, -0.1) is 22.7 Å². The second-order valence-electron chi connectivity index (χ2n) is 3.48. The summed E-state index contributed by atoms with van der Waals surface area (Å²) in [6, 6.07) is 7.55. The molecule has 1 unspecified atom stereocenters. The van der Waals surface area contributed by atoms with Crippen LogP contribution in [0.2, 0.25) is 0 Å². The minimum Gasteiger partial charge on any atom is -0.388 e. The molecule has 2 nitrogen and oxygen atoms in total. The Labute approximate surface area is 131 Å². The van der Waals surface area contributed by atoms with E-state index >= 15 is 0 Å². The molecule has 98 valence electrons. The highest BCUT2D eigenvalue weighted by Crippen LogP contribution is 2.26. The van der Waals surface area contributed by atoms with Gasteiger partial charge in [-0.3, -0.25) is 4.79 Å². The Kier molecular flexibility index (Phi) is 6.73. The Morgan fingerprint density at radius 1 is 1.17 bits per heavy atom. The van der Waals surface area contributed by atoms with Gasteiger partial charge in [-0.05, 0) is 70.0 Å². The summed E-state index contributed by atoms with van der Waals surface area (Å²) in [6.45, 7) is 3.33. The summed E-state index contributed by atoms with van der Waals surface area (Å²) >= 11 is 9.60. The molecule has 2 aromatic heterocycles.